The molecule has 0 unspecified atom stereocenters. The van der Waals surface area contributed by atoms with Crippen LogP contribution in [0.5, 0.6) is 0 Å². The lowest BCUT2D eigenvalue weighted by atomic mass is 9.71. The van der Waals surface area contributed by atoms with Crippen LogP contribution in [0.25, 0.3) is 0 Å². The molecule has 4 rings (SSSR count). The summed E-state index contributed by atoms with van der Waals surface area (Å²) in [5, 5.41) is 17.2. The summed E-state index contributed by atoms with van der Waals surface area (Å²) in [6, 6.07) is 7.60. The number of carbonyl (C=O) groups excluding carboxylic acids is 1. The van der Waals surface area contributed by atoms with Crippen LogP contribution >= 0.6 is 0 Å². The Morgan fingerprint density at radius 1 is 1.38 bits per heavy atom. The van der Waals surface area contributed by atoms with Crippen LogP contribution in [0.2, 0.25) is 0 Å². The second kappa shape index (κ2) is 8.41. The molecule has 1 N–H and O–H groups in total. The Bertz CT molecular complexity index is 1000. The lowest BCUT2D eigenvalue weighted by molar-refractivity contribution is -0.146. The van der Waals surface area contributed by atoms with Gasteiger partial charge in [0.15, 0.2) is 5.60 Å². The first-order valence-electron chi connectivity index (χ1n) is 11.1. The minimum Gasteiger partial charge on any atom is -0.396 e. The Balaban J connectivity index is 1.67. The van der Waals surface area contributed by atoms with Crippen molar-refractivity contribution in [3.05, 3.63) is 54.4 Å². The summed E-state index contributed by atoms with van der Waals surface area (Å²) in [7, 11) is 0. The first-order chi connectivity index (χ1) is 15.2. The van der Waals surface area contributed by atoms with Gasteiger partial charge in [-0.25, -0.2) is 4.39 Å². The number of halogens is 1. The number of aryl methyl sites for hydroxylation is 1. The molecule has 2 aliphatic heterocycles. The molecule has 0 radical (unpaired) electrons. The van der Waals surface area contributed by atoms with E-state index in [-0.39, 0.29) is 18.4 Å². The number of benzene rings is 1. The molecule has 7 nitrogen and oxygen atoms in total. The molecule has 1 saturated heterocycles. The smallest absolute Gasteiger partial charge is 0.264 e. The van der Waals surface area contributed by atoms with Gasteiger partial charge in [-0.3, -0.25) is 9.48 Å². The number of aliphatic hydroxyl groups is 1. The molecule has 1 spiro atoms. The number of hydrogen-bond donors (Lipinski definition) is 1. The molecule has 1 aromatic carbocycles. The van der Waals surface area contributed by atoms with Crippen LogP contribution in [0, 0.1) is 11.8 Å². The average Bonchev–Trinajstić information content (AvgIpc) is 3.38. The highest BCUT2D eigenvalue weighted by Gasteiger charge is 2.65. The Kier molecular flexibility index (Phi) is 5.94. The lowest BCUT2D eigenvalue weighted by Gasteiger charge is -2.32. The number of aromatic nitrogens is 3. The number of para-hydroxylation sites is 1. The zero-order chi connectivity index (χ0) is 23.1. The van der Waals surface area contributed by atoms with Crippen molar-refractivity contribution in [1.82, 2.24) is 15.0 Å². The van der Waals surface area contributed by atoms with E-state index in [9.17, 15) is 4.79 Å². The monoisotopic (exact) mass is 442 g/mol. The minimum atomic E-state index is -1.54. The molecule has 0 saturated carbocycles. The van der Waals surface area contributed by atoms with Crippen LogP contribution in [0.1, 0.15) is 38.4 Å². The molecular formula is C24H31FN4O3. The van der Waals surface area contributed by atoms with Crippen LogP contribution in [0.4, 0.5) is 10.1 Å². The molecule has 1 amide bonds. The molecule has 172 valence electrons. The van der Waals surface area contributed by atoms with Gasteiger partial charge in [0.25, 0.3) is 5.91 Å². The number of fused-ring (bicyclic) bond motifs is 2. The third-order valence-corrected chi connectivity index (χ3v) is 6.78. The molecule has 2 aromatic rings. The van der Waals surface area contributed by atoms with Gasteiger partial charge in [0.05, 0.1) is 17.5 Å². The van der Waals surface area contributed by atoms with Gasteiger partial charge >= 0.3 is 0 Å². The van der Waals surface area contributed by atoms with E-state index < -0.39 is 23.3 Å². The molecule has 8 heteroatoms. The Morgan fingerprint density at radius 3 is 2.81 bits per heavy atom. The van der Waals surface area contributed by atoms with Crippen LogP contribution < -0.4 is 4.90 Å². The van der Waals surface area contributed by atoms with Crippen molar-refractivity contribution in [2.45, 2.75) is 57.5 Å². The van der Waals surface area contributed by atoms with E-state index in [4.69, 9.17) is 9.84 Å². The predicted octanol–water partition coefficient (Wildman–Crippen LogP) is 3.03. The maximum absolute atomic E-state index is 15.5. The topological polar surface area (TPSA) is 80.5 Å². The molecule has 0 bridgehead atoms. The number of rotatable bonds is 8. The standard InChI is InChI=1S/C24H31FN4O3/c1-5-12-29-19-9-7-6-8-18(19)24(22(29)31)16(2)21(23(3,4)25)20(32-24)10-13-28-15-17(11-14-30)26-27-28/h5-9,15-16,20-21,30H,1,10-14H2,2-4H3/t16-,20+,21-,24+/m1/s1. The van der Waals surface area contributed by atoms with E-state index >= 15 is 4.39 Å². The Labute approximate surface area is 187 Å². The Morgan fingerprint density at radius 2 is 2.12 bits per heavy atom. The Hall–Kier alpha value is -2.58. The first-order valence-corrected chi connectivity index (χ1v) is 11.1. The van der Waals surface area contributed by atoms with E-state index in [0.29, 0.717) is 31.6 Å². The van der Waals surface area contributed by atoms with E-state index in [0.717, 1.165) is 11.3 Å². The van der Waals surface area contributed by atoms with Gasteiger partial charge in [-0.15, -0.1) is 11.7 Å². The van der Waals surface area contributed by atoms with E-state index in [2.05, 4.69) is 16.9 Å². The average molecular weight is 443 g/mol. The lowest BCUT2D eigenvalue weighted by Crippen LogP contribution is -2.45. The largest absolute Gasteiger partial charge is 0.396 e. The van der Waals surface area contributed by atoms with Crippen molar-refractivity contribution in [3.8, 4) is 0 Å². The third kappa shape index (κ3) is 3.55. The highest BCUT2D eigenvalue weighted by Crippen LogP contribution is 2.58. The predicted molar refractivity (Wildman–Crippen MR) is 119 cm³/mol. The zero-order valence-electron chi connectivity index (χ0n) is 18.9. The number of amides is 1. The number of aliphatic hydroxyl groups excluding tert-OH is 1. The second-order valence-corrected chi connectivity index (χ2v) is 9.23. The van der Waals surface area contributed by atoms with E-state index in [1.165, 1.54) is 0 Å². The summed E-state index contributed by atoms with van der Waals surface area (Å²) < 4.78 is 23.8. The maximum atomic E-state index is 15.5. The molecule has 0 aliphatic carbocycles. The van der Waals surface area contributed by atoms with Gasteiger partial charge < -0.3 is 14.7 Å². The molecule has 4 atom stereocenters. The summed E-state index contributed by atoms with van der Waals surface area (Å²) in [6.07, 6.45) is 3.92. The van der Waals surface area contributed by atoms with E-state index in [1.807, 2.05) is 31.2 Å². The number of nitrogens with zero attached hydrogens (tertiary/aromatic N) is 4. The summed E-state index contributed by atoms with van der Waals surface area (Å²) in [5.41, 5.74) is -0.471. The van der Waals surface area contributed by atoms with Gasteiger partial charge in [0, 0.05) is 49.7 Å². The number of ether oxygens (including phenoxy) is 1. The summed E-state index contributed by atoms with van der Waals surface area (Å²) in [4.78, 5) is 15.4. The summed E-state index contributed by atoms with van der Waals surface area (Å²) in [6.45, 7) is 9.68. The number of carbonyl (C=O) groups is 1. The highest BCUT2D eigenvalue weighted by atomic mass is 19.1. The zero-order valence-corrected chi connectivity index (χ0v) is 18.9. The van der Waals surface area contributed by atoms with Gasteiger partial charge in [-0.2, -0.15) is 0 Å². The highest BCUT2D eigenvalue weighted by molar-refractivity contribution is 6.07. The van der Waals surface area contributed by atoms with Crippen LogP contribution in [-0.2, 0) is 28.1 Å². The van der Waals surface area contributed by atoms with Gasteiger partial charge in [-0.05, 0) is 26.3 Å². The van der Waals surface area contributed by atoms with Gasteiger partial charge in [0.2, 0.25) is 0 Å². The SMILES string of the molecule is C=CCN1C(=O)[C@@]2(O[C@@H](CCn3cc(CCO)nn3)[C@H](C(C)(C)F)[C@H]2C)c2ccccc21. The fourth-order valence-corrected chi connectivity index (χ4v) is 5.52. The fraction of sp³-hybridized carbons (Fsp3) is 0.542. The normalized spacial score (nSPS) is 27.3. The van der Waals surface area contributed by atoms with Crippen LogP contribution in [0.15, 0.2) is 43.1 Å². The van der Waals surface area contributed by atoms with Crippen molar-refractivity contribution in [2.24, 2.45) is 11.8 Å². The van der Waals surface area contributed by atoms with Gasteiger partial charge in [-0.1, -0.05) is 36.4 Å². The third-order valence-electron chi connectivity index (χ3n) is 6.78. The van der Waals surface area contributed by atoms with Crippen molar-refractivity contribution in [2.75, 3.05) is 18.1 Å². The number of hydrogen-bond acceptors (Lipinski definition) is 5. The fourth-order valence-electron chi connectivity index (χ4n) is 5.52. The first kappa shape index (κ1) is 22.6. The van der Waals surface area contributed by atoms with Crippen molar-refractivity contribution in [3.63, 3.8) is 0 Å². The summed E-state index contributed by atoms with van der Waals surface area (Å²) >= 11 is 0. The quantitative estimate of drug-likeness (QED) is 0.636. The number of alkyl halides is 1. The van der Waals surface area contributed by atoms with Crippen LogP contribution in [-0.4, -0.2) is 50.9 Å². The number of anilines is 1. The molecule has 3 heterocycles. The van der Waals surface area contributed by atoms with Crippen molar-refractivity contribution >= 4 is 11.6 Å². The second-order valence-electron chi connectivity index (χ2n) is 9.23. The maximum Gasteiger partial charge on any atom is 0.264 e. The van der Waals surface area contributed by atoms with Crippen molar-refractivity contribution < 1.29 is 19.0 Å². The van der Waals surface area contributed by atoms with Gasteiger partial charge in [0.1, 0.15) is 5.67 Å². The summed E-state index contributed by atoms with van der Waals surface area (Å²) in [5.74, 6) is -1.01. The molecule has 1 fully saturated rings. The molecule has 1 aromatic heterocycles. The van der Waals surface area contributed by atoms with E-state index in [1.54, 1.807) is 35.7 Å². The minimum absolute atomic E-state index is 0.00527. The van der Waals surface area contributed by atoms with Crippen LogP contribution in [0.3, 0.4) is 0 Å². The molecule has 32 heavy (non-hydrogen) atoms. The van der Waals surface area contributed by atoms with Crippen molar-refractivity contribution in [1.29, 1.82) is 0 Å². The molecular weight excluding hydrogens is 411 g/mol. The molecule has 2 aliphatic rings.